The first-order chi connectivity index (χ1) is 6.54. The Morgan fingerprint density at radius 3 is 2.14 bits per heavy atom. The van der Waals surface area contributed by atoms with Crippen LogP contribution < -0.4 is 0 Å². The zero-order valence-electron chi connectivity index (χ0n) is 10.1. The third-order valence-corrected chi connectivity index (χ3v) is 6.16. The van der Waals surface area contributed by atoms with Crippen molar-refractivity contribution in [2.24, 2.45) is 0 Å². The first-order valence-electron chi connectivity index (χ1n) is 5.26. The molecule has 0 radical (unpaired) electrons. The second kappa shape index (κ2) is 7.77. The van der Waals surface area contributed by atoms with Gasteiger partial charge in [-0.05, 0) is 32.4 Å². The highest BCUT2D eigenvalue weighted by molar-refractivity contribution is 6.48. The van der Waals surface area contributed by atoms with Crippen molar-refractivity contribution in [3.8, 4) is 0 Å². The second-order valence-electron chi connectivity index (χ2n) is 3.93. The van der Waals surface area contributed by atoms with Crippen molar-refractivity contribution in [2.75, 3.05) is 13.7 Å². The molecule has 6 heteroatoms. The summed E-state index contributed by atoms with van der Waals surface area (Å²) in [6.45, 7) is 5.19. The molecular formula is C8H24O3Si3. The molecule has 0 aromatic carbocycles. The Morgan fingerprint density at radius 1 is 1.36 bits per heavy atom. The topological polar surface area (TPSA) is 27.7 Å². The lowest BCUT2D eigenvalue weighted by molar-refractivity contribution is -0.140. The highest BCUT2D eigenvalue weighted by atomic mass is 28.3. The molecule has 1 unspecified atom stereocenters. The molecule has 0 aromatic heterocycles. The number of rotatable bonds is 2. The van der Waals surface area contributed by atoms with Crippen molar-refractivity contribution in [3.05, 3.63) is 0 Å². The van der Waals surface area contributed by atoms with Crippen molar-refractivity contribution in [3.63, 3.8) is 0 Å². The largest absolute Gasteiger partial charge is 0.424 e. The Hall–Kier alpha value is 0.531. The van der Waals surface area contributed by atoms with Crippen LogP contribution in [0.15, 0.2) is 0 Å². The van der Waals surface area contributed by atoms with Gasteiger partial charge in [-0.25, -0.2) is 0 Å². The van der Waals surface area contributed by atoms with E-state index in [-0.39, 0.29) is 5.41 Å². The second-order valence-corrected chi connectivity index (χ2v) is 8.43. The van der Waals surface area contributed by atoms with Gasteiger partial charge in [0.25, 0.3) is 0 Å². The summed E-state index contributed by atoms with van der Waals surface area (Å²) < 4.78 is 15.7. The quantitative estimate of drug-likeness (QED) is 0.598. The van der Waals surface area contributed by atoms with Crippen LogP contribution in [0.5, 0.6) is 0 Å². The molecule has 0 amide bonds. The van der Waals surface area contributed by atoms with Gasteiger partial charge < -0.3 is 13.6 Å². The van der Waals surface area contributed by atoms with Crippen molar-refractivity contribution in [1.82, 2.24) is 0 Å². The van der Waals surface area contributed by atoms with Crippen LogP contribution in [0.3, 0.4) is 0 Å². The first-order valence-corrected chi connectivity index (χ1v) is 9.85. The van der Waals surface area contributed by atoms with Crippen LogP contribution in [-0.4, -0.2) is 48.9 Å². The highest BCUT2D eigenvalue weighted by Gasteiger charge is 2.25. The molecule has 0 aromatic rings. The molecule has 1 heterocycles. The fourth-order valence-electron chi connectivity index (χ4n) is 1.07. The lowest BCUT2D eigenvalue weighted by atomic mass is 10.2. The van der Waals surface area contributed by atoms with Crippen LogP contribution in [0.25, 0.3) is 0 Å². The lowest BCUT2D eigenvalue weighted by Gasteiger charge is -2.33. The third-order valence-electron chi connectivity index (χ3n) is 2.34. The molecule has 86 valence electrons. The van der Waals surface area contributed by atoms with E-state index in [4.69, 9.17) is 13.6 Å². The fraction of sp³-hybridized carbons (Fsp3) is 1.00. The number of hydrogen-bond donors (Lipinski definition) is 0. The molecule has 0 saturated carbocycles. The summed E-state index contributed by atoms with van der Waals surface area (Å²) in [5.41, 5.74) is -0.0789. The average Bonchev–Trinajstić information content (AvgIpc) is 2.20. The maximum Gasteiger partial charge on any atom is 0.170 e. The predicted octanol–water partition coefficient (Wildman–Crippen LogP) is -0.881. The summed E-state index contributed by atoms with van der Waals surface area (Å²) in [5.74, 6) is 0. The molecule has 1 fully saturated rings. The molecule has 3 nitrogen and oxygen atoms in total. The van der Waals surface area contributed by atoms with Crippen LogP contribution in [0.4, 0.5) is 0 Å². The standard InChI is InChI=1S/C5H14O2Si2.C3H10OSi/c8-5(7-9)3-1-2-4-6-5;1-4-5(2)3/h1-4H2,8-9H3;5H,1-3H3. The van der Waals surface area contributed by atoms with E-state index in [2.05, 4.69) is 13.1 Å². The first kappa shape index (κ1) is 14.5. The van der Waals surface area contributed by atoms with Gasteiger partial charge in [-0.2, -0.15) is 0 Å². The van der Waals surface area contributed by atoms with E-state index in [1.807, 2.05) is 0 Å². The summed E-state index contributed by atoms with van der Waals surface area (Å²) >= 11 is 0. The molecular weight excluding hydrogens is 228 g/mol. The van der Waals surface area contributed by atoms with Crippen molar-refractivity contribution < 1.29 is 13.6 Å². The van der Waals surface area contributed by atoms with Gasteiger partial charge in [0.2, 0.25) is 0 Å². The molecule has 1 saturated heterocycles. The number of ether oxygens (including phenoxy) is 1. The molecule has 1 rings (SSSR count). The van der Waals surface area contributed by atoms with E-state index >= 15 is 0 Å². The van der Waals surface area contributed by atoms with Crippen LogP contribution in [0, 0.1) is 0 Å². The smallest absolute Gasteiger partial charge is 0.170 e. The van der Waals surface area contributed by atoms with Gasteiger partial charge >= 0.3 is 0 Å². The van der Waals surface area contributed by atoms with Gasteiger partial charge in [0.1, 0.15) is 15.9 Å². The van der Waals surface area contributed by atoms with Gasteiger partial charge in [-0.3, -0.25) is 0 Å². The zero-order valence-corrected chi connectivity index (χ0v) is 15.3. The van der Waals surface area contributed by atoms with E-state index < -0.39 is 9.04 Å². The minimum atomic E-state index is -0.650. The molecule has 14 heavy (non-hydrogen) atoms. The predicted molar refractivity (Wildman–Crippen MR) is 69.4 cm³/mol. The minimum Gasteiger partial charge on any atom is -0.424 e. The van der Waals surface area contributed by atoms with Crippen LogP contribution in [0.2, 0.25) is 13.1 Å². The average molecular weight is 253 g/mol. The Labute approximate surface area is 95.2 Å². The Bertz CT molecular complexity index is 138. The van der Waals surface area contributed by atoms with E-state index in [0.717, 1.165) is 33.8 Å². The summed E-state index contributed by atoms with van der Waals surface area (Å²) in [6.07, 6.45) is 3.63. The lowest BCUT2D eigenvalue weighted by Crippen LogP contribution is -2.38. The molecule has 1 atom stereocenters. The van der Waals surface area contributed by atoms with E-state index in [1.165, 1.54) is 12.8 Å². The molecule has 0 bridgehead atoms. The van der Waals surface area contributed by atoms with Gasteiger partial charge in [0.05, 0.1) is 10.2 Å². The van der Waals surface area contributed by atoms with Crippen LogP contribution in [0.1, 0.15) is 19.3 Å². The monoisotopic (exact) mass is 252 g/mol. The Kier molecular flexibility index (Phi) is 8.07. The maximum absolute atomic E-state index is 5.49. The molecule has 1 aliphatic rings. The summed E-state index contributed by atoms with van der Waals surface area (Å²) in [4.78, 5) is 0. The zero-order chi connectivity index (χ0) is 11.0. The number of hydrogen-bond acceptors (Lipinski definition) is 3. The van der Waals surface area contributed by atoms with E-state index in [1.54, 1.807) is 7.11 Å². The van der Waals surface area contributed by atoms with Crippen molar-refractivity contribution in [2.45, 2.75) is 37.8 Å². The van der Waals surface area contributed by atoms with Crippen molar-refractivity contribution in [1.29, 1.82) is 0 Å². The van der Waals surface area contributed by atoms with E-state index in [0.29, 0.717) is 0 Å². The molecule has 0 aliphatic carbocycles. The van der Waals surface area contributed by atoms with Gasteiger partial charge in [0.15, 0.2) is 9.04 Å². The summed E-state index contributed by atoms with van der Waals surface area (Å²) in [7, 11) is 2.95. The van der Waals surface area contributed by atoms with Gasteiger partial charge in [-0.1, -0.05) is 0 Å². The Balaban J connectivity index is 0.000000292. The fourth-order valence-corrected chi connectivity index (χ4v) is 1.95. The summed E-state index contributed by atoms with van der Waals surface area (Å²) in [5, 5.41) is 0. The summed E-state index contributed by atoms with van der Waals surface area (Å²) in [6, 6.07) is 0. The van der Waals surface area contributed by atoms with Gasteiger partial charge in [0, 0.05) is 13.7 Å². The normalized spacial score (nSPS) is 27.4. The third kappa shape index (κ3) is 6.91. The molecule has 0 N–H and O–H groups in total. The highest BCUT2D eigenvalue weighted by Crippen LogP contribution is 2.21. The molecule has 1 aliphatic heterocycles. The van der Waals surface area contributed by atoms with E-state index in [9.17, 15) is 0 Å². The molecule has 0 spiro atoms. The van der Waals surface area contributed by atoms with Crippen molar-refractivity contribution >= 4 is 29.8 Å². The minimum absolute atomic E-state index is 0.0789. The van der Waals surface area contributed by atoms with Gasteiger partial charge in [-0.15, -0.1) is 0 Å². The van der Waals surface area contributed by atoms with Crippen LogP contribution >= 0.6 is 0 Å². The Morgan fingerprint density at radius 2 is 1.93 bits per heavy atom. The SMILES string of the molecule is CO[SiH](C)C.[SiH3]OC1([SiH3])CCCCO1. The van der Waals surface area contributed by atoms with Crippen LogP contribution in [-0.2, 0) is 13.6 Å². The maximum atomic E-state index is 5.49.